The summed E-state index contributed by atoms with van der Waals surface area (Å²) in [5, 5.41) is 0. The Morgan fingerprint density at radius 1 is 0.429 bits per heavy atom. The molecule has 0 aromatic heterocycles. The van der Waals surface area contributed by atoms with Crippen LogP contribution in [0.1, 0.15) is 212 Å². The molecule has 0 fully saturated rings. The highest BCUT2D eigenvalue weighted by atomic mass is 32.1. The summed E-state index contributed by atoms with van der Waals surface area (Å²) in [6, 6.07) is 0. The van der Waals surface area contributed by atoms with Crippen LogP contribution in [0.25, 0.3) is 0 Å². The van der Waals surface area contributed by atoms with E-state index in [-0.39, 0.29) is 6.61 Å². The monoisotopic (exact) mass is 650 g/mol. The molecule has 0 bridgehead atoms. The minimum absolute atomic E-state index is 0.168. The molecule has 0 saturated carbocycles. The molecule has 0 heterocycles. The summed E-state index contributed by atoms with van der Waals surface area (Å²) in [5.74, 6) is 0. The SMILES string of the molecule is O=P(O)(O)OCCCCCCCCCCCCCCCCCCCCCCCCCCCCCCCCCCC(=S)S. The molecule has 42 heavy (non-hydrogen) atoms. The predicted molar refractivity (Wildman–Crippen MR) is 192 cm³/mol. The third-order valence-electron chi connectivity index (χ3n) is 8.54. The van der Waals surface area contributed by atoms with Crippen LogP contribution in [0.2, 0.25) is 0 Å². The summed E-state index contributed by atoms with van der Waals surface area (Å²) in [6.45, 7) is 0.168. The van der Waals surface area contributed by atoms with Crippen LogP contribution in [0.4, 0.5) is 0 Å². The lowest BCUT2D eigenvalue weighted by Gasteiger charge is -2.05. The van der Waals surface area contributed by atoms with Crippen molar-refractivity contribution in [2.75, 3.05) is 6.61 Å². The number of phosphoric acid groups is 1. The molecular weight excluding hydrogens is 579 g/mol. The van der Waals surface area contributed by atoms with Gasteiger partial charge in [0.1, 0.15) is 0 Å². The highest BCUT2D eigenvalue weighted by Crippen LogP contribution is 2.35. The number of rotatable bonds is 36. The van der Waals surface area contributed by atoms with Gasteiger partial charge < -0.3 is 9.79 Å². The quantitative estimate of drug-likeness (QED) is 0.0272. The number of thiocarbonyl (C=S) groups is 1. The van der Waals surface area contributed by atoms with E-state index in [9.17, 15) is 4.57 Å². The third-order valence-corrected chi connectivity index (χ3v) is 9.49. The molecule has 0 unspecified atom stereocenters. The van der Waals surface area contributed by atoms with Gasteiger partial charge in [-0.05, 0) is 19.3 Å². The average molecular weight is 651 g/mol. The first-order chi connectivity index (χ1) is 20.4. The van der Waals surface area contributed by atoms with Crippen molar-refractivity contribution in [1.29, 1.82) is 0 Å². The highest BCUT2D eigenvalue weighted by molar-refractivity contribution is 8.11. The fourth-order valence-corrected chi connectivity index (χ4v) is 6.53. The first-order valence-electron chi connectivity index (χ1n) is 18.3. The van der Waals surface area contributed by atoms with Gasteiger partial charge in [0.05, 0.1) is 6.61 Å². The lowest BCUT2D eigenvalue weighted by atomic mass is 10.0. The summed E-state index contributed by atoms with van der Waals surface area (Å²) >= 11 is 9.20. The molecule has 0 radical (unpaired) electrons. The van der Waals surface area contributed by atoms with E-state index in [0.29, 0.717) is 0 Å². The van der Waals surface area contributed by atoms with E-state index >= 15 is 0 Å². The number of hydrogen-bond donors (Lipinski definition) is 3. The first-order valence-corrected chi connectivity index (χ1v) is 20.7. The predicted octanol–water partition coefficient (Wildman–Crippen LogP) is 13.2. The zero-order valence-electron chi connectivity index (χ0n) is 27.6. The Morgan fingerprint density at radius 2 is 0.619 bits per heavy atom. The topological polar surface area (TPSA) is 66.8 Å². The Balaban J connectivity index is 3.06. The van der Waals surface area contributed by atoms with Gasteiger partial charge in [-0.25, -0.2) is 4.57 Å². The van der Waals surface area contributed by atoms with Gasteiger partial charge in [0.15, 0.2) is 0 Å². The summed E-state index contributed by atoms with van der Waals surface area (Å²) in [7, 11) is -4.27. The third kappa shape index (κ3) is 40.5. The molecule has 0 spiro atoms. The van der Waals surface area contributed by atoms with E-state index in [1.165, 1.54) is 186 Å². The van der Waals surface area contributed by atoms with E-state index in [0.717, 1.165) is 29.9 Å². The van der Waals surface area contributed by atoms with Crippen molar-refractivity contribution >= 4 is 36.9 Å². The molecule has 0 aromatic carbocycles. The second kappa shape index (κ2) is 34.4. The molecule has 252 valence electrons. The number of thiol groups is 1. The maximum Gasteiger partial charge on any atom is 0.469 e. The number of unbranched alkanes of at least 4 members (excludes halogenated alkanes) is 31. The summed E-state index contributed by atoms with van der Waals surface area (Å²) < 4.78 is 15.9. The van der Waals surface area contributed by atoms with Crippen LogP contribution in [-0.2, 0) is 9.09 Å². The fraction of sp³-hybridized carbons (Fsp3) is 0.971. The number of phosphoric ester groups is 1. The molecule has 7 heteroatoms. The molecule has 0 atom stereocenters. The van der Waals surface area contributed by atoms with Crippen molar-refractivity contribution in [2.45, 2.75) is 212 Å². The molecule has 0 aliphatic carbocycles. The van der Waals surface area contributed by atoms with E-state index in [4.69, 9.17) is 22.0 Å². The highest BCUT2D eigenvalue weighted by Gasteiger charge is 2.12. The fourth-order valence-electron chi connectivity index (χ4n) is 5.87. The molecule has 0 rings (SSSR count). The Hall–Kier alpha value is 0.550. The van der Waals surface area contributed by atoms with Crippen molar-refractivity contribution in [2.24, 2.45) is 0 Å². The van der Waals surface area contributed by atoms with E-state index < -0.39 is 7.82 Å². The molecule has 0 amide bonds. The minimum atomic E-state index is -4.27. The molecule has 2 N–H and O–H groups in total. The minimum Gasteiger partial charge on any atom is -0.303 e. The van der Waals surface area contributed by atoms with Crippen molar-refractivity contribution < 1.29 is 18.9 Å². The molecule has 0 aromatic rings. The van der Waals surface area contributed by atoms with Crippen molar-refractivity contribution in [3.05, 3.63) is 0 Å². The summed E-state index contributed by atoms with van der Waals surface area (Å²) in [4.78, 5) is 17.3. The zero-order valence-corrected chi connectivity index (χ0v) is 30.2. The first kappa shape index (κ1) is 42.6. The largest absolute Gasteiger partial charge is 0.469 e. The van der Waals surface area contributed by atoms with Gasteiger partial charge in [-0.15, -0.1) is 12.6 Å². The molecule has 0 saturated heterocycles. The van der Waals surface area contributed by atoms with E-state index in [1.54, 1.807) is 0 Å². The zero-order chi connectivity index (χ0) is 30.8. The normalized spacial score (nSPS) is 11.9. The average Bonchev–Trinajstić information content (AvgIpc) is 2.94. The van der Waals surface area contributed by atoms with Crippen molar-refractivity contribution in [3.8, 4) is 0 Å². The van der Waals surface area contributed by atoms with Crippen molar-refractivity contribution in [3.63, 3.8) is 0 Å². The van der Waals surface area contributed by atoms with Gasteiger partial charge in [-0.2, -0.15) is 0 Å². The Labute approximate surface area is 273 Å². The van der Waals surface area contributed by atoms with Crippen LogP contribution in [0, 0.1) is 0 Å². The summed E-state index contributed by atoms with van der Waals surface area (Å²) in [6.07, 6.45) is 44.6. The lowest BCUT2D eigenvalue weighted by molar-refractivity contribution is 0.193. The van der Waals surface area contributed by atoms with Crippen LogP contribution < -0.4 is 0 Å². The van der Waals surface area contributed by atoms with Gasteiger partial charge in [0, 0.05) is 4.20 Å². The van der Waals surface area contributed by atoms with Crippen LogP contribution >= 0.6 is 32.7 Å². The van der Waals surface area contributed by atoms with Gasteiger partial charge in [-0.3, -0.25) is 4.52 Å². The molecule has 4 nitrogen and oxygen atoms in total. The second-order valence-corrected chi connectivity index (χ2v) is 15.4. The Kier molecular flexibility index (Phi) is 34.9. The van der Waals surface area contributed by atoms with Gasteiger partial charge in [0.2, 0.25) is 0 Å². The molecule has 0 aliphatic heterocycles. The van der Waals surface area contributed by atoms with E-state index in [2.05, 4.69) is 17.2 Å². The maximum absolute atomic E-state index is 10.6. The van der Waals surface area contributed by atoms with Crippen LogP contribution in [0.15, 0.2) is 0 Å². The van der Waals surface area contributed by atoms with Crippen LogP contribution in [-0.4, -0.2) is 20.6 Å². The maximum atomic E-state index is 10.6. The Morgan fingerprint density at radius 3 is 0.810 bits per heavy atom. The smallest absolute Gasteiger partial charge is 0.303 e. The molecular formula is C35H71O4PS2. The number of hydrogen-bond acceptors (Lipinski definition) is 3. The van der Waals surface area contributed by atoms with Gasteiger partial charge in [0.25, 0.3) is 0 Å². The van der Waals surface area contributed by atoms with Crippen molar-refractivity contribution in [1.82, 2.24) is 0 Å². The van der Waals surface area contributed by atoms with Crippen LogP contribution in [0.3, 0.4) is 0 Å². The molecule has 0 aliphatic rings. The van der Waals surface area contributed by atoms with Crippen LogP contribution in [0.5, 0.6) is 0 Å². The van der Waals surface area contributed by atoms with E-state index in [1.807, 2.05) is 0 Å². The Bertz CT molecular complexity index is 600. The van der Waals surface area contributed by atoms with Gasteiger partial charge in [-0.1, -0.05) is 205 Å². The van der Waals surface area contributed by atoms with Gasteiger partial charge >= 0.3 is 7.82 Å². The standard InChI is InChI=1S/C35H71O4PS2/c36-40(37,38)39-34-32-30-28-26-24-22-20-18-16-14-12-10-8-6-4-2-1-3-5-7-9-11-13-15-17-19-21-23-25-27-29-31-33-35(41)42/h1-34H2,(H,41,42)(H2,36,37,38). The lowest BCUT2D eigenvalue weighted by Crippen LogP contribution is -1.92. The summed E-state index contributed by atoms with van der Waals surface area (Å²) in [5.41, 5.74) is 0. The second-order valence-electron chi connectivity index (χ2n) is 12.8.